The average Bonchev–Trinajstić information content (AvgIpc) is 3.43. The third kappa shape index (κ3) is 4.32. The molecule has 0 aromatic carbocycles. The van der Waals surface area contributed by atoms with Gasteiger partial charge in [-0.15, -0.1) is 20.7 Å². The smallest absolute Gasteiger partial charge is 0.413 e. The highest BCUT2D eigenvalue weighted by Crippen LogP contribution is 2.38. The number of carboxylic acid groups (broad SMARTS) is 1. The van der Waals surface area contributed by atoms with Crippen molar-refractivity contribution in [2.75, 3.05) is 11.0 Å². The summed E-state index contributed by atoms with van der Waals surface area (Å²) in [4.78, 5) is 25.7. The maximum absolute atomic E-state index is 12.9. The van der Waals surface area contributed by atoms with E-state index in [9.17, 15) is 27.9 Å². The first-order chi connectivity index (χ1) is 13.7. The second kappa shape index (κ2) is 7.71. The number of halogens is 4. The predicted octanol–water partition coefficient (Wildman–Crippen LogP) is 2.83. The van der Waals surface area contributed by atoms with Crippen molar-refractivity contribution in [3.63, 3.8) is 0 Å². The first-order valence-corrected chi connectivity index (χ1v) is 11.9. The SMILES string of the molecule is O=C(O)C1=CN(CCC2=CC=C(C(F)(F)F)CI=C2)C2=CC(C3CC3)NN2C1=O. The van der Waals surface area contributed by atoms with E-state index in [4.69, 9.17) is 0 Å². The second-order valence-corrected chi connectivity index (χ2v) is 9.54. The number of allylic oxidation sites excluding steroid dienone is 3. The quantitative estimate of drug-likeness (QED) is 0.331. The fourth-order valence-corrected chi connectivity index (χ4v) is 5.83. The van der Waals surface area contributed by atoms with E-state index >= 15 is 0 Å². The monoisotopic (exact) mass is 521 g/mol. The molecule has 0 saturated heterocycles. The van der Waals surface area contributed by atoms with Crippen molar-refractivity contribution in [2.24, 2.45) is 5.92 Å². The molecular weight excluding hydrogens is 502 g/mol. The molecule has 1 saturated carbocycles. The summed E-state index contributed by atoms with van der Waals surface area (Å²) >= 11 is -0.738. The Balaban J connectivity index is 1.53. The maximum Gasteiger partial charge on any atom is 0.413 e. The summed E-state index contributed by atoms with van der Waals surface area (Å²) < 4.78 is 40.7. The Morgan fingerprint density at radius 2 is 2.07 bits per heavy atom. The predicted molar refractivity (Wildman–Crippen MR) is 109 cm³/mol. The van der Waals surface area contributed by atoms with Gasteiger partial charge >= 0.3 is 12.1 Å². The standard InChI is InChI=1S/C19H19F3IN3O3/c20-19(21,22)13-4-1-11(8-23-9-13)5-6-25-10-14(18(28)29)17(27)26-16(25)7-15(24-26)12-2-3-12/h1,4,7-8,10,12,15,24H,2-3,5-6,9H2,(H,28,29). The molecule has 29 heavy (non-hydrogen) atoms. The van der Waals surface area contributed by atoms with E-state index in [2.05, 4.69) is 5.43 Å². The largest absolute Gasteiger partial charge is 0.477 e. The van der Waals surface area contributed by atoms with Gasteiger partial charge < -0.3 is 10.0 Å². The molecule has 0 aromatic heterocycles. The van der Waals surface area contributed by atoms with Crippen molar-refractivity contribution < 1.29 is 27.9 Å². The van der Waals surface area contributed by atoms with Gasteiger partial charge in [0.1, 0.15) is 11.4 Å². The van der Waals surface area contributed by atoms with Gasteiger partial charge in [-0.3, -0.25) is 4.79 Å². The van der Waals surface area contributed by atoms with Crippen LogP contribution in [0.3, 0.4) is 0 Å². The van der Waals surface area contributed by atoms with E-state index < -0.39 is 44.4 Å². The topological polar surface area (TPSA) is 72.9 Å². The van der Waals surface area contributed by atoms with Gasteiger partial charge in [-0.05, 0) is 40.8 Å². The lowest BCUT2D eigenvalue weighted by Gasteiger charge is -2.33. The van der Waals surface area contributed by atoms with Crippen LogP contribution in [-0.4, -0.2) is 54.1 Å². The number of carbonyl (C=O) groups excluding carboxylic acids is 1. The molecule has 3 aliphatic heterocycles. The summed E-state index contributed by atoms with van der Waals surface area (Å²) in [5, 5.41) is 10.7. The number of aliphatic carboxylic acids is 1. The highest BCUT2D eigenvalue weighted by Gasteiger charge is 2.43. The van der Waals surface area contributed by atoms with E-state index in [1.165, 1.54) is 17.3 Å². The average molecular weight is 521 g/mol. The van der Waals surface area contributed by atoms with Gasteiger partial charge in [-0.25, -0.2) is 15.2 Å². The molecule has 1 amide bonds. The lowest BCUT2D eigenvalue weighted by atomic mass is 10.1. The molecule has 4 aliphatic rings. The number of fused-ring (bicyclic) bond motifs is 1. The summed E-state index contributed by atoms with van der Waals surface area (Å²) in [7, 11) is 0. The number of hydrazine groups is 1. The number of rotatable bonds is 5. The fourth-order valence-electron chi connectivity index (χ4n) is 3.36. The molecule has 0 bridgehead atoms. The molecule has 1 unspecified atom stereocenters. The van der Waals surface area contributed by atoms with Crippen LogP contribution in [0.15, 0.2) is 47.0 Å². The summed E-state index contributed by atoms with van der Waals surface area (Å²) in [6, 6.07) is -0.00945. The molecule has 0 radical (unpaired) electrons. The molecule has 1 atom stereocenters. The van der Waals surface area contributed by atoms with Crippen LogP contribution in [-0.2, 0) is 9.59 Å². The lowest BCUT2D eigenvalue weighted by Crippen LogP contribution is -2.49. The summed E-state index contributed by atoms with van der Waals surface area (Å²) in [5.41, 5.74) is 3.04. The molecule has 6 nitrogen and oxygen atoms in total. The van der Waals surface area contributed by atoms with Gasteiger partial charge in [0, 0.05) is 22.7 Å². The number of nitrogens with one attached hydrogen (secondary N) is 1. The molecule has 156 valence electrons. The second-order valence-electron chi connectivity index (χ2n) is 7.28. The van der Waals surface area contributed by atoms with Gasteiger partial charge in [-0.2, -0.15) is 13.2 Å². The number of nitrogens with zero attached hydrogens (tertiary/aromatic N) is 2. The number of amides is 1. The highest BCUT2D eigenvalue weighted by molar-refractivity contribution is 14.2. The number of carbonyl (C=O) groups is 2. The molecule has 10 heteroatoms. The number of carboxylic acids is 1. The fraction of sp³-hybridized carbons (Fsp3) is 0.421. The minimum atomic E-state index is -4.30. The minimum Gasteiger partial charge on any atom is -0.477 e. The van der Waals surface area contributed by atoms with Gasteiger partial charge in [0.15, 0.2) is 0 Å². The normalized spacial score (nSPS) is 24.8. The zero-order chi connectivity index (χ0) is 20.8. The van der Waals surface area contributed by atoms with E-state index in [1.807, 2.05) is 10.1 Å². The highest BCUT2D eigenvalue weighted by atomic mass is 127. The van der Waals surface area contributed by atoms with Gasteiger partial charge in [0.25, 0.3) is 5.91 Å². The summed E-state index contributed by atoms with van der Waals surface area (Å²) in [5.74, 6) is -0.886. The van der Waals surface area contributed by atoms with Crippen LogP contribution < -0.4 is 5.43 Å². The maximum atomic E-state index is 12.9. The first-order valence-electron chi connectivity index (χ1n) is 9.16. The molecule has 1 aliphatic carbocycles. The third-order valence-electron chi connectivity index (χ3n) is 5.15. The van der Waals surface area contributed by atoms with Crippen LogP contribution in [0.5, 0.6) is 0 Å². The van der Waals surface area contributed by atoms with Crippen LogP contribution >= 0.6 is 20.7 Å². The molecule has 4 rings (SSSR count). The van der Waals surface area contributed by atoms with Crippen LogP contribution in [0, 0.1) is 5.92 Å². The van der Waals surface area contributed by atoms with E-state index in [0.29, 0.717) is 24.7 Å². The van der Waals surface area contributed by atoms with Crippen molar-refractivity contribution in [2.45, 2.75) is 31.5 Å². The van der Waals surface area contributed by atoms with Crippen molar-refractivity contribution >= 4 is 36.6 Å². The molecule has 1 fully saturated rings. The van der Waals surface area contributed by atoms with E-state index in [1.54, 1.807) is 4.90 Å². The molecule has 0 spiro atoms. The summed E-state index contributed by atoms with van der Waals surface area (Å²) in [6.07, 6.45) is 4.17. The van der Waals surface area contributed by atoms with Crippen LogP contribution in [0.2, 0.25) is 0 Å². The zero-order valence-corrected chi connectivity index (χ0v) is 17.4. The van der Waals surface area contributed by atoms with Crippen molar-refractivity contribution in [1.82, 2.24) is 15.3 Å². The molecular formula is C19H19F3IN3O3. The van der Waals surface area contributed by atoms with Gasteiger partial charge in [-0.1, -0.05) is 12.2 Å². The van der Waals surface area contributed by atoms with Crippen molar-refractivity contribution in [3.05, 3.63) is 47.0 Å². The van der Waals surface area contributed by atoms with E-state index in [-0.39, 0.29) is 16.0 Å². The Hall–Kier alpha value is -1.95. The Kier molecular flexibility index (Phi) is 5.40. The number of hydrogen-bond donors (Lipinski definition) is 2. The molecule has 0 aromatic rings. The number of alkyl halides is 4. The van der Waals surface area contributed by atoms with Gasteiger partial charge in [0.2, 0.25) is 0 Å². The Labute approximate surface area is 175 Å². The van der Waals surface area contributed by atoms with Crippen molar-refractivity contribution in [1.29, 1.82) is 0 Å². The van der Waals surface area contributed by atoms with Crippen LogP contribution in [0.1, 0.15) is 19.3 Å². The van der Waals surface area contributed by atoms with Crippen LogP contribution in [0.4, 0.5) is 13.2 Å². The van der Waals surface area contributed by atoms with E-state index in [0.717, 1.165) is 24.5 Å². The zero-order valence-electron chi connectivity index (χ0n) is 15.2. The van der Waals surface area contributed by atoms with Gasteiger partial charge in [0.05, 0.1) is 6.04 Å². The summed E-state index contributed by atoms with van der Waals surface area (Å²) in [6.45, 7) is 0.368. The molecule has 2 N–H and O–H groups in total. The first kappa shape index (κ1) is 20.3. The lowest BCUT2D eigenvalue weighted by molar-refractivity contribution is -0.139. The third-order valence-corrected chi connectivity index (χ3v) is 7.65. The Bertz CT molecular complexity index is 900. The Morgan fingerprint density at radius 3 is 2.72 bits per heavy atom. The number of hydrogen-bond acceptors (Lipinski definition) is 4. The Morgan fingerprint density at radius 1 is 1.31 bits per heavy atom. The van der Waals surface area contributed by atoms with Crippen LogP contribution in [0.25, 0.3) is 0 Å². The minimum absolute atomic E-state index is 0.00945. The molecule has 3 heterocycles. The van der Waals surface area contributed by atoms with Crippen molar-refractivity contribution in [3.8, 4) is 0 Å².